The number of piperidine rings is 1. The van der Waals surface area contributed by atoms with Crippen LogP contribution in [0.4, 0.5) is 5.69 Å². The number of likely N-dealkylation sites (tertiary alicyclic amines) is 1. The van der Waals surface area contributed by atoms with Gasteiger partial charge in [-0.15, -0.1) is 0 Å². The maximum Gasteiger partial charge on any atom is 0.258 e. The van der Waals surface area contributed by atoms with Gasteiger partial charge in [-0.25, -0.2) is 0 Å². The molecular formula is C22H25BrN2O. The second-order valence-electron chi connectivity index (χ2n) is 7.64. The van der Waals surface area contributed by atoms with Gasteiger partial charge in [-0.1, -0.05) is 46.6 Å². The number of carbonyl (C=O) groups excluding carboxylic acids is 1. The van der Waals surface area contributed by atoms with Crippen LogP contribution in [0.25, 0.3) is 0 Å². The number of carbonyl (C=O) groups is 1. The Bertz CT molecular complexity index is 840. The second-order valence-corrected chi connectivity index (χ2v) is 8.55. The van der Waals surface area contributed by atoms with Gasteiger partial charge in [-0.05, 0) is 69.2 Å². The van der Waals surface area contributed by atoms with E-state index in [2.05, 4.69) is 52.9 Å². The van der Waals surface area contributed by atoms with Gasteiger partial charge in [-0.3, -0.25) is 4.79 Å². The number of anilines is 1. The van der Waals surface area contributed by atoms with E-state index in [1.54, 1.807) is 0 Å². The van der Waals surface area contributed by atoms with Crippen molar-refractivity contribution in [2.75, 3.05) is 31.1 Å². The normalized spacial score (nSPS) is 19.0. The Morgan fingerprint density at radius 1 is 1.15 bits per heavy atom. The molecule has 1 spiro atoms. The molecule has 0 bridgehead atoms. The molecule has 0 atom stereocenters. The average molecular weight is 413 g/mol. The van der Waals surface area contributed by atoms with Crippen LogP contribution >= 0.6 is 15.9 Å². The number of fused-ring (bicyclic) bond motifs is 2. The number of hydrogen-bond donors (Lipinski definition) is 0. The summed E-state index contributed by atoms with van der Waals surface area (Å²) in [4.78, 5) is 17.8. The van der Waals surface area contributed by atoms with Crippen LogP contribution in [0.2, 0.25) is 0 Å². The molecule has 0 radical (unpaired) electrons. The van der Waals surface area contributed by atoms with Crippen molar-refractivity contribution in [2.45, 2.75) is 32.1 Å². The van der Waals surface area contributed by atoms with Crippen LogP contribution in [-0.4, -0.2) is 37.0 Å². The maximum absolute atomic E-state index is 13.3. The van der Waals surface area contributed by atoms with Crippen LogP contribution in [-0.2, 0) is 5.41 Å². The van der Waals surface area contributed by atoms with E-state index in [9.17, 15) is 4.79 Å². The standard InChI is InChI=1S/C22H25BrN2O/c1-3-24-11-9-22(10-12-24)15-25(20-8-7-16(2)13-19(20)22)21(26)17-5-4-6-18(23)14-17/h4-8,13-14H,3,9-12,15H2,1-2H3. The van der Waals surface area contributed by atoms with E-state index in [1.165, 1.54) is 11.1 Å². The summed E-state index contributed by atoms with van der Waals surface area (Å²) < 4.78 is 0.942. The molecule has 0 aromatic heterocycles. The molecular weight excluding hydrogens is 388 g/mol. The molecule has 4 heteroatoms. The summed E-state index contributed by atoms with van der Waals surface area (Å²) in [6, 6.07) is 14.3. The second kappa shape index (κ2) is 6.82. The Morgan fingerprint density at radius 3 is 2.62 bits per heavy atom. The smallest absolute Gasteiger partial charge is 0.258 e. The monoisotopic (exact) mass is 412 g/mol. The molecule has 0 unspecified atom stereocenters. The Balaban J connectivity index is 1.72. The molecule has 2 heterocycles. The predicted octanol–water partition coefficient (Wildman–Crippen LogP) is 4.77. The Hall–Kier alpha value is -1.65. The van der Waals surface area contributed by atoms with Gasteiger partial charge in [-0.2, -0.15) is 0 Å². The summed E-state index contributed by atoms with van der Waals surface area (Å²) >= 11 is 3.49. The lowest BCUT2D eigenvalue weighted by Gasteiger charge is -2.39. The molecule has 4 rings (SSSR count). The van der Waals surface area contributed by atoms with Crippen molar-refractivity contribution < 1.29 is 4.79 Å². The van der Waals surface area contributed by atoms with Crippen LogP contribution in [0.5, 0.6) is 0 Å². The molecule has 3 nitrogen and oxygen atoms in total. The molecule has 1 amide bonds. The third-order valence-corrected chi connectivity index (χ3v) is 6.55. The van der Waals surface area contributed by atoms with Crippen LogP contribution in [0.3, 0.4) is 0 Å². The predicted molar refractivity (Wildman–Crippen MR) is 110 cm³/mol. The van der Waals surface area contributed by atoms with E-state index < -0.39 is 0 Å². The molecule has 2 aliphatic heterocycles. The highest BCUT2D eigenvalue weighted by Gasteiger charge is 2.46. The van der Waals surface area contributed by atoms with Gasteiger partial charge in [0.15, 0.2) is 0 Å². The molecule has 2 aliphatic rings. The summed E-state index contributed by atoms with van der Waals surface area (Å²) in [6.07, 6.45) is 2.25. The van der Waals surface area contributed by atoms with Crippen molar-refractivity contribution >= 4 is 27.5 Å². The summed E-state index contributed by atoms with van der Waals surface area (Å²) in [5.41, 5.74) is 4.60. The van der Waals surface area contributed by atoms with Crippen molar-refractivity contribution in [3.05, 3.63) is 63.6 Å². The van der Waals surface area contributed by atoms with E-state index in [0.717, 1.165) is 54.7 Å². The highest BCUT2D eigenvalue weighted by molar-refractivity contribution is 9.10. The number of halogens is 1. The zero-order valence-electron chi connectivity index (χ0n) is 15.5. The Kier molecular flexibility index (Phi) is 4.66. The number of aryl methyl sites for hydroxylation is 1. The lowest BCUT2D eigenvalue weighted by atomic mass is 9.74. The largest absolute Gasteiger partial charge is 0.307 e. The van der Waals surface area contributed by atoms with Gasteiger partial charge in [0, 0.05) is 27.7 Å². The first-order valence-electron chi connectivity index (χ1n) is 9.43. The summed E-state index contributed by atoms with van der Waals surface area (Å²) in [6.45, 7) is 8.51. The Labute approximate surface area is 164 Å². The summed E-state index contributed by atoms with van der Waals surface area (Å²) in [5.74, 6) is 0.103. The van der Waals surface area contributed by atoms with Crippen LogP contribution in [0.1, 0.15) is 41.3 Å². The first kappa shape index (κ1) is 17.7. The van der Waals surface area contributed by atoms with Crippen molar-refractivity contribution in [3.63, 3.8) is 0 Å². The third-order valence-electron chi connectivity index (χ3n) is 6.05. The van der Waals surface area contributed by atoms with Crippen molar-refractivity contribution in [1.29, 1.82) is 0 Å². The molecule has 2 aromatic rings. The van der Waals surface area contributed by atoms with Gasteiger partial charge in [0.05, 0.1) is 0 Å². The molecule has 2 aromatic carbocycles. The van der Waals surface area contributed by atoms with E-state index in [1.807, 2.05) is 29.2 Å². The maximum atomic E-state index is 13.3. The Morgan fingerprint density at radius 2 is 1.92 bits per heavy atom. The van der Waals surface area contributed by atoms with Crippen molar-refractivity contribution in [3.8, 4) is 0 Å². The van der Waals surface area contributed by atoms with Gasteiger partial charge < -0.3 is 9.80 Å². The molecule has 0 aliphatic carbocycles. The number of rotatable bonds is 2. The van der Waals surface area contributed by atoms with E-state index in [-0.39, 0.29) is 11.3 Å². The lowest BCUT2D eigenvalue weighted by molar-refractivity contribution is 0.0977. The quantitative estimate of drug-likeness (QED) is 0.708. The molecule has 1 fully saturated rings. The fourth-order valence-corrected chi connectivity index (χ4v) is 4.87. The van der Waals surface area contributed by atoms with Gasteiger partial charge in [0.2, 0.25) is 0 Å². The third kappa shape index (κ3) is 2.99. The number of nitrogens with zero attached hydrogens (tertiary/aromatic N) is 2. The molecule has 0 N–H and O–H groups in total. The molecule has 26 heavy (non-hydrogen) atoms. The SMILES string of the molecule is CCN1CCC2(CC1)CN(C(=O)c1cccc(Br)c1)c1ccc(C)cc12. The van der Waals surface area contributed by atoms with Crippen molar-refractivity contribution in [1.82, 2.24) is 4.90 Å². The first-order valence-corrected chi connectivity index (χ1v) is 10.2. The molecule has 1 saturated heterocycles. The van der Waals surface area contributed by atoms with Crippen molar-refractivity contribution in [2.24, 2.45) is 0 Å². The number of benzene rings is 2. The van der Waals surface area contributed by atoms with Gasteiger partial charge in [0.1, 0.15) is 0 Å². The number of amides is 1. The summed E-state index contributed by atoms with van der Waals surface area (Å²) in [7, 11) is 0. The van der Waals surface area contributed by atoms with Crippen LogP contribution in [0.15, 0.2) is 46.9 Å². The average Bonchev–Trinajstić information content (AvgIpc) is 2.95. The van der Waals surface area contributed by atoms with Gasteiger partial charge >= 0.3 is 0 Å². The van der Waals surface area contributed by atoms with E-state index in [0.29, 0.717) is 0 Å². The van der Waals surface area contributed by atoms with E-state index >= 15 is 0 Å². The minimum atomic E-state index is 0.103. The van der Waals surface area contributed by atoms with E-state index in [4.69, 9.17) is 0 Å². The zero-order chi connectivity index (χ0) is 18.3. The zero-order valence-corrected chi connectivity index (χ0v) is 17.1. The first-order chi connectivity index (χ1) is 12.5. The molecule has 136 valence electrons. The fourth-order valence-electron chi connectivity index (χ4n) is 4.47. The summed E-state index contributed by atoms with van der Waals surface area (Å²) in [5, 5.41) is 0. The topological polar surface area (TPSA) is 23.6 Å². The lowest BCUT2D eigenvalue weighted by Crippen LogP contribution is -2.46. The molecule has 0 saturated carbocycles. The minimum absolute atomic E-state index is 0.103. The van der Waals surface area contributed by atoms with Gasteiger partial charge in [0.25, 0.3) is 5.91 Å². The van der Waals surface area contributed by atoms with Crippen LogP contribution < -0.4 is 4.90 Å². The highest BCUT2D eigenvalue weighted by atomic mass is 79.9. The fraction of sp³-hybridized carbons (Fsp3) is 0.409. The number of hydrogen-bond acceptors (Lipinski definition) is 2. The highest BCUT2D eigenvalue weighted by Crippen LogP contribution is 2.47. The van der Waals surface area contributed by atoms with Crippen LogP contribution in [0, 0.1) is 6.92 Å². The minimum Gasteiger partial charge on any atom is -0.307 e.